The van der Waals surface area contributed by atoms with E-state index in [0.717, 1.165) is 19.3 Å². The molecule has 2 bridgehead atoms. The van der Waals surface area contributed by atoms with Gasteiger partial charge in [-0.3, -0.25) is 14.2 Å². The number of carbonyl (C=O) groups is 1. The van der Waals surface area contributed by atoms with Crippen molar-refractivity contribution in [2.75, 3.05) is 32.6 Å². The number of aryl methyl sites for hydroxylation is 1. The van der Waals surface area contributed by atoms with E-state index < -0.39 is 5.82 Å². The summed E-state index contributed by atoms with van der Waals surface area (Å²) < 4.78 is 21.8. The number of carbonyl (C=O) groups excluding carboxylic acids is 1. The first-order valence-corrected chi connectivity index (χ1v) is 11.5. The molecule has 3 aliphatic rings. The maximum absolute atomic E-state index is 14.5. The van der Waals surface area contributed by atoms with E-state index in [1.807, 2.05) is 19.0 Å². The Morgan fingerprint density at radius 2 is 2.06 bits per heavy atom. The van der Waals surface area contributed by atoms with Crippen LogP contribution in [0.25, 0.3) is 11.0 Å². The Morgan fingerprint density at radius 3 is 2.65 bits per heavy atom. The molecule has 0 unspecified atom stereocenters. The first kappa shape index (κ1) is 22.5. The Bertz CT molecular complexity index is 1350. The highest BCUT2D eigenvalue weighted by Crippen LogP contribution is 2.62. The molecule has 0 atom stereocenters. The van der Waals surface area contributed by atoms with Crippen LogP contribution in [0.3, 0.4) is 0 Å². The molecule has 6 rings (SSSR count). The van der Waals surface area contributed by atoms with Crippen molar-refractivity contribution in [1.82, 2.24) is 19.4 Å². The quantitative estimate of drug-likeness (QED) is 0.508. The fourth-order valence-corrected chi connectivity index (χ4v) is 5.10. The molecule has 0 aliphatic heterocycles. The number of anilines is 2. The number of halogens is 1. The second kappa shape index (κ2) is 8.16. The Hall–Kier alpha value is -3.33. The number of ether oxygens (including phenoxy) is 1. The number of nitrogens with one attached hydrogen (secondary N) is 1. The van der Waals surface area contributed by atoms with Crippen molar-refractivity contribution in [1.29, 1.82) is 0 Å². The molecule has 3 fully saturated rings. The van der Waals surface area contributed by atoms with E-state index >= 15 is 0 Å². The lowest BCUT2D eigenvalue weighted by Gasteiger charge is -2.62. The minimum absolute atomic E-state index is 0.177. The number of fused-ring (bicyclic) bond motifs is 1. The van der Waals surface area contributed by atoms with Gasteiger partial charge in [0, 0.05) is 29.9 Å². The minimum atomic E-state index is -0.489. The summed E-state index contributed by atoms with van der Waals surface area (Å²) in [6.07, 6.45) is 4.41. The summed E-state index contributed by atoms with van der Waals surface area (Å²) in [5.41, 5.74) is 1.22. The number of hydrogen-bond acceptors (Lipinski definition) is 7. The van der Waals surface area contributed by atoms with Gasteiger partial charge in [-0.25, -0.2) is 9.37 Å². The molecular formula is C25H28FN5O3. The van der Waals surface area contributed by atoms with Gasteiger partial charge in [-0.05, 0) is 70.8 Å². The summed E-state index contributed by atoms with van der Waals surface area (Å²) in [5.74, 6) is 0.331. The van der Waals surface area contributed by atoms with Crippen LogP contribution in [-0.4, -0.2) is 52.5 Å². The Kier molecular flexibility index (Phi) is 5.39. The van der Waals surface area contributed by atoms with Crippen LogP contribution in [0.2, 0.25) is 0 Å². The van der Waals surface area contributed by atoms with Crippen molar-refractivity contribution in [2.45, 2.75) is 38.6 Å². The molecule has 0 saturated heterocycles. The molecule has 1 N–H and O–H groups in total. The summed E-state index contributed by atoms with van der Waals surface area (Å²) >= 11 is 0. The van der Waals surface area contributed by atoms with Crippen LogP contribution in [-0.2, 0) is 5.54 Å². The second-order valence-corrected chi connectivity index (χ2v) is 9.75. The molecule has 0 amide bonds. The summed E-state index contributed by atoms with van der Waals surface area (Å²) in [6.45, 7) is 4.24. The SMILES string of the molecule is CC(=O)c1c(C)c2cnc(Nc3ccc(OCCN(C)C)c(F)c3)nc2n(C23CC(C2)C3)c1=O. The third kappa shape index (κ3) is 3.64. The monoisotopic (exact) mass is 465 g/mol. The summed E-state index contributed by atoms with van der Waals surface area (Å²) in [4.78, 5) is 36.7. The molecule has 8 nitrogen and oxygen atoms in total. The fraction of sp³-hybridized carbons (Fsp3) is 0.440. The number of nitrogens with zero attached hydrogens (tertiary/aromatic N) is 4. The van der Waals surface area contributed by atoms with Gasteiger partial charge in [0.2, 0.25) is 5.95 Å². The van der Waals surface area contributed by atoms with Crippen molar-refractivity contribution in [3.05, 3.63) is 51.7 Å². The number of ketones is 1. The topological polar surface area (TPSA) is 89.3 Å². The van der Waals surface area contributed by atoms with Crippen molar-refractivity contribution in [3.63, 3.8) is 0 Å². The first-order valence-electron chi connectivity index (χ1n) is 11.5. The zero-order chi connectivity index (χ0) is 24.2. The maximum Gasteiger partial charge on any atom is 0.263 e. The predicted molar refractivity (Wildman–Crippen MR) is 128 cm³/mol. The first-order chi connectivity index (χ1) is 16.2. The van der Waals surface area contributed by atoms with Crippen molar-refractivity contribution >= 4 is 28.5 Å². The number of pyridine rings is 1. The lowest BCUT2D eigenvalue weighted by atomic mass is 9.49. The number of rotatable bonds is 8. The molecule has 3 aliphatic carbocycles. The predicted octanol–water partition coefficient (Wildman–Crippen LogP) is 3.63. The van der Waals surface area contributed by atoms with Crippen LogP contribution in [0.4, 0.5) is 16.0 Å². The van der Waals surface area contributed by atoms with Crippen LogP contribution in [0.1, 0.15) is 42.1 Å². The van der Waals surface area contributed by atoms with Gasteiger partial charge in [0.15, 0.2) is 17.3 Å². The second-order valence-electron chi connectivity index (χ2n) is 9.75. The van der Waals surface area contributed by atoms with Crippen LogP contribution in [0, 0.1) is 18.7 Å². The van der Waals surface area contributed by atoms with E-state index in [-0.39, 0.29) is 34.1 Å². The summed E-state index contributed by atoms with van der Waals surface area (Å²) in [6, 6.07) is 4.59. The number of Topliss-reactive ketones (excluding diaryl/α,β-unsaturated/α-hetero) is 1. The third-order valence-electron chi connectivity index (χ3n) is 6.99. The molecule has 0 spiro atoms. The Labute approximate surface area is 196 Å². The lowest BCUT2D eigenvalue weighted by Crippen LogP contribution is -2.62. The highest BCUT2D eigenvalue weighted by atomic mass is 19.1. The Morgan fingerprint density at radius 1 is 1.32 bits per heavy atom. The number of hydrogen-bond donors (Lipinski definition) is 1. The van der Waals surface area contributed by atoms with Gasteiger partial charge in [0.1, 0.15) is 12.3 Å². The maximum atomic E-state index is 14.5. The van der Waals surface area contributed by atoms with E-state index in [2.05, 4.69) is 15.3 Å². The van der Waals surface area contributed by atoms with Gasteiger partial charge < -0.3 is 15.0 Å². The van der Waals surface area contributed by atoms with Gasteiger partial charge in [-0.2, -0.15) is 4.98 Å². The molecule has 34 heavy (non-hydrogen) atoms. The van der Waals surface area contributed by atoms with Gasteiger partial charge in [0.05, 0.1) is 11.1 Å². The van der Waals surface area contributed by atoms with Crippen LogP contribution < -0.4 is 15.6 Å². The molecule has 178 valence electrons. The molecular weight excluding hydrogens is 437 g/mol. The van der Waals surface area contributed by atoms with Crippen LogP contribution >= 0.6 is 0 Å². The zero-order valence-corrected chi connectivity index (χ0v) is 19.8. The van der Waals surface area contributed by atoms with Crippen molar-refractivity contribution < 1.29 is 13.9 Å². The molecule has 3 saturated carbocycles. The van der Waals surface area contributed by atoms with Crippen LogP contribution in [0.15, 0.2) is 29.2 Å². The third-order valence-corrected chi connectivity index (χ3v) is 6.99. The molecule has 3 aromatic rings. The van der Waals surface area contributed by atoms with Crippen molar-refractivity contribution in [2.24, 2.45) is 5.92 Å². The van der Waals surface area contributed by atoms with Crippen LogP contribution in [0.5, 0.6) is 5.75 Å². The highest BCUT2D eigenvalue weighted by Gasteiger charge is 2.59. The number of benzene rings is 1. The number of likely N-dealkylation sites (N-methyl/N-ethyl adjacent to an activating group) is 1. The standard InChI is InChI=1S/C25H28FN5O3/c1-14-18-13-27-24(28-17-5-6-20(19(26)9-17)34-8-7-30(3)4)29-22(18)31(23(33)21(14)15(2)32)25-10-16(11-25)12-25/h5-6,9,13,16H,7-8,10-12H2,1-4H3,(H,27,28,29). The average Bonchev–Trinajstić information content (AvgIpc) is 2.69. The lowest BCUT2D eigenvalue weighted by molar-refractivity contribution is -0.0884. The smallest absolute Gasteiger partial charge is 0.263 e. The molecule has 2 heterocycles. The van der Waals surface area contributed by atoms with E-state index in [9.17, 15) is 14.0 Å². The van der Waals surface area contributed by atoms with Gasteiger partial charge >= 0.3 is 0 Å². The average molecular weight is 466 g/mol. The summed E-state index contributed by atoms with van der Waals surface area (Å²) in [5, 5.41) is 3.71. The van der Waals surface area contributed by atoms with Gasteiger partial charge in [0.25, 0.3) is 5.56 Å². The highest BCUT2D eigenvalue weighted by molar-refractivity contribution is 5.99. The van der Waals surface area contributed by atoms with E-state index in [1.54, 1.807) is 29.8 Å². The fourth-order valence-electron chi connectivity index (χ4n) is 5.10. The van der Waals surface area contributed by atoms with E-state index in [1.165, 1.54) is 13.0 Å². The molecule has 1 aromatic carbocycles. The molecule has 0 radical (unpaired) electrons. The molecule has 9 heteroatoms. The van der Waals surface area contributed by atoms with E-state index in [0.29, 0.717) is 41.4 Å². The van der Waals surface area contributed by atoms with Gasteiger partial charge in [-0.15, -0.1) is 0 Å². The summed E-state index contributed by atoms with van der Waals surface area (Å²) in [7, 11) is 3.85. The minimum Gasteiger partial charge on any atom is -0.489 e. The molecule has 2 aromatic heterocycles. The van der Waals surface area contributed by atoms with Gasteiger partial charge in [-0.1, -0.05) is 0 Å². The Balaban J connectivity index is 1.49. The van der Waals surface area contributed by atoms with Crippen molar-refractivity contribution in [3.8, 4) is 5.75 Å². The zero-order valence-electron chi connectivity index (χ0n) is 19.8. The normalized spacial score (nSPS) is 20.7. The largest absolute Gasteiger partial charge is 0.489 e. The number of aromatic nitrogens is 3. The van der Waals surface area contributed by atoms with E-state index in [4.69, 9.17) is 4.74 Å².